The normalized spacial score (nSPS) is 17.5. The van der Waals surface area contributed by atoms with Crippen LogP contribution in [-0.2, 0) is 0 Å². The van der Waals surface area contributed by atoms with Gasteiger partial charge in [0.25, 0.3) is 0 Å². The molecule has 1 heterocycles. The Morgan fingerprint density at radius 1 is 1.53 bits per heavy atom. The van der Waals surface area contributed by atoms with Gasteiger partial charge in [-0.25, -0.2) is 14.4 Å². The Kier molecular flexibility index (Phi) is 2.82. The first-order valence-electron chi connectivity index (χ1n) is 4.93. The molecule has 82 valence electrons. The Labute approximate surface area is 92.9 Å². The maximum absolute atomic E-state index is 13.5. The van der Waals surface area contributed by atoms with Gasteiger partial charge in [-0.15, -0.1) is 0 Å². The van der Waals surface area contributed by atoms with E-state index in [4.69, 9.17) is 0 Å². The number of anilines is 1. The van der Waals surface area contributed by atoms with Gasteiger partial charge in [-0.3, -0.25) is 0 Å². The fourth-order valence-electron chi connectivity index (χ4n) is 1.42. The van der Waals surface area contributed by atoms with E-state index in [9.17, 15) is 4.39 Å². The first-order chi connectivity index (χ1) is 7.17. The number of rotatable bonds is 4. The van der Waals surface area contributed by atoms with Gasteiger partial charge in [-0.1, -0.05) is 0 Å². The third-order valence-electron chi connectivity index (χ3n) is 2.78. The first-order valence-corrected chi connectivity index (χ1v) is 6.15. The van der Waals surface area contributed by atoms with Gasteiger partial charge < -0.3 is 5.32 Å². The third kappa shape index (κ3) is 2.22. The molecule has 2 rings (SSSR count). The summed E-state index contributed by atoms with van der Waals surface area (Å²) in [5, 5.41) is 3.06. The predicted molar refractivity (Wildman–Crippen MR) is 60.7 cm³/mol. The molecule has 1 aromatic rings. The summed E-state index contributed by atoms with van der Waals surface area (Å²) in [6, 6.07) is 0. The van der Waals surface area contributed by atoms with Crippen molar-refractivity contribution in [2.45, 2.75) is 24.5 Å². The Balaban J connectivity index is 2.02. The van der Waals surface area contributed by atoms with Crippen LogP contribution in [0.2, 0.25) is 0 Å². The van der Waals surface area contributed by atoms with Crippen LogP contribution < -0.4 is 5.32 Å². The molecular formula is C10H14FN3S. The zero-order valence-corrected chi connectivity index (χ0v) is 9.70. The third-order valence-corrected chi connectivity index (χ3v) is 4.20. The molecule has 1 saturated carbocycles. The summed E-state index contributed by atoms with van der Waals surface area (Å²) >= 11 is 1.84. The second-order valence-corrected chi connectivity index (χ2v) is 5.14. The van der Waals surface area contributed by atoms with Crippen molar-refractivity contribution in [3.63, 3.8) is 0 Å². The molecule has 3 nitrogen and oxygen atoms in total. The number of nitrogens with one attached hydrogen (secondary N) is 1. The van der Waals surface area contributed by atoms with Crippen molar-refractivity contribution in [3.05, 3.63) is 17.8 Å². The van der Waals surface area contributed by atoms with E-state index in [0.717, 1.165) is 6.54 Å². The lowest BCUT2D eigenvalue weighted by atomic mass is 10.3. The van der Waals surface area contributed by atoms with Gasteiger partial charge in [-0.05, 0) is 26.0 Å². The van der Waals surface area contributed by atoms with Crippen molar-refractivity contribution >= 4 is 17.6 Å². The van der Waals surface area contributed by atoms with Gasteiger partial charge in [0.1, 0.15) is 6.33 Å². The number of thioether (sulfide) groups is 1. The summed E-state index contributed by atoms with van der Waals surface area (Å²) < 4.78 is 13.8. The molecule has 0 unspecified atom stereocenters. The zero-order chi connectivity index (χ0) is 10.9. The molecule has 0 atom stereocenters. The molecule has 0 aliphatic heterocycles. The smallest absolute Gasteiger partial charge is 0.186 e. The van der Waals surface area contributed by atoms with E-state index in [1.54, 1.807) is 6.92 Å². The van der Waals surface area contributed by atoms with E-state index in [2.05, 4.69) is 21.5 Å². The van der Waals surface area contributed by atoms with Gasteiger partial charge in [-0.2, -0.15) is 11.8 Å². The minimum absolute atomic E-state index is 0.311. The molecule has 0 saturated heterocycles. The summed E-state index contributed by atoms with van der Waals surface area (Å²) in [5.74, 6) is -0.0165. The largest absolute Gasteiger partial charge is 0.366 e. The number of nitrogens with zero attached hydrogens (tertiary/aromatic N) is 2. The monoisotopic (exact) mass is 227 g/mol. The summed E-state index contributed by atoms with van der Waals surface area (Å²) in [5.41, 5.74) is 0.390. The number of aromatic nitrogens is 2. The van der Waals surface area contributed by atoms with Crippen molar-refractivity contribution < 1.29 is 4.39 Å². The second kappa shape index (κ2) is 3.96. The van der Waals surface area contributed by atoms with Crippen LogP contribution in [0.1, 0.15) is 18.5 Å². The zero-order valence-electron chi connectivity index (χ0n) is 8.88. The lowest BCUT2D eigenvalue weighted by Crippen LogP contribution is -2.19. The van der Waals surface area contributed by atoms with Crippen molar-refractivity contribution in [2.24, 2.45) is 0 Å². The fraction of sp³-hybridized carbons (Fsp3) is 0.600. The summed E-state index contributed by atoms with van der Waals surface area (Å²) in [4.78, 5) is 7.69. The summed E-state index contributed by atoms with van der Waals surface area (Å²) in [7, 11) is 0. The van der Waals surface area contributed by atoms with Crippen molar-refractivity contribution in [2.75, 3.05) is 18.1 Å². The second-order valence-electron chi connectivity index (χ2n) is 3.86. The maximum atomic E-state index is 13.5. The Morgan fingerprint density at radius 2 is 2.27 bits per heavy atom. The number of hydrogen-bond donors (Lipinski definition) is 1. The molecule has 1 aliphatic carbocycles. The van der Waals surface area contributed by atoms with Crippen LogP contribution in [0.15, 0.2) is 6.33 Å². The quantitative estimate of drug-likeness (QED) is 0.856. The van der Waals surface area contributed by atoms with Gasteiger partial charge in [0.15, 0.2) is 11.6 Å². The Hall–Kier alpha value is -0.840. The van der Waals surface area contributed by atoms with Crippen LogP contribution in [-0.4, -0.2) is 27.5 Å². The number of aryl methyl sites for hydroxylation is 1. The summed E-state index contributed by atoms with van der Waals surface area (Å²) in [6.45, 7) is 2.42. The van der Waals surface area contributed by atoms with Gasteiger partial charge >= 0.3 is 0 Å². The van der Waals surface area contributed by atoms with E-state index < -0.39 is 0 Å². The summed E-state index contributed by atoms with van der Waals surface area (Å²) in [6.07, 6.45) is 5.88. The highest BCUT2D eigenvalue weighted by Crippen LogP contribution is 2.46. The molecule has 0 radical (unpaired) electrons. The topological polar surface area (TPSA) is 37.8 Å². The fourth-order valence-corrected chi connectivity index (χ4v) is 2.15. The Bertz CT molecular complexity index is 366. The molecule has 0 aromatic carbocycles. The van der Waals surface area contributed by atoms with E-state index >= 15 is 0 Å². The lowest BCUT2D eigenvalue weighted by molar-refractivity contribution is 0.604. The van der Waals surface area contributed by atoms with Gasteiger partial charge in [0.05, 0.1) is 5.69 Å². The molecule has 0 amide bonds. The maximum Gasteiger partial charge on any atom is 0.186 e. The number of hydrogen-bond acceptors (Lipinski definition) is 4. The van der Waals surface area contributed by atoms with Crippen LogP contribution in [0.4, 0.5) is 10.2 Å². The molecular weight excluding hydrogens is 213 g/mol. The van der Waals surface area contributed by atoms with Crippen LogP contribution in [0, 0.1) is 12.7 Å². The van der Waals surface area contributed by atoms with Gasteiger partial charge in [0, 0.05) is 11.3 Å². The highest BCUT2D eigenvalue weighted by molar-refractivity contribution is 8.00. The van der Waals surface area contributed by atoms with Crippen LogP contribution >= 0.6 is 11.8 Å². The van der Waals surface area contributed by atoms with Crippen molar-refractivity contribution in [1.29, 1.82) is 0 Å². The van der Waals surface area contributed by atoms with E-state index in [-0.39, 0.29) is 5.82 Å². The molecule has 5 heteroatoms. The van der Waals surface area contributed by atoms with Gasteiger partial charge in [0.2, 0.25) is 0 Å². The SMILES string of the molecule is CSC1(CNc2ncnc(C)c2F)CC1. The predicted octanol–water partition coefficient (Wildman–Crippen LogP) is 2.23. The highest BCUT2D eigenvalue weighted by Gasteiger charge is 2.41. The molecule has 1 aliphatic rings. The standard InChI is InChI=1S/C10H14FN3S/c1-7-8(11)9(14-6-13-7)12-5-10(15-2)3-4-10/h6H,3-5H2,1-2H3,(H,12,13,14). The van der Waals surface area contributed by atoms with Crippen LogP contribution in [0.25, 0.3) is 0 Å². The Morgan fingerprint density at radius 3 is 2.87 bits per heavy atom. The molecule has 0 bridgehead atoms. The van der Waals surface area contributed by atoms with Crippen LogP contribution in [0.5, 0.6) is 0 Å². The van der Waals surface area contributed by atoms with Crippen molar-refractivity contribution in [1.82, 2.24) is 9.97 Å². The molecule has 0 spiro atoms. The average Bonchev–Trinajstić information content (AvgIpc) is 3.01. The molecule has 1 aromatic heterocycles. The highest BCUT2D eigenvalue weighted by atomic mass is 32.2. The number of halogens is 1. The first kappa shape index (κ1) is 10.7. The van der Waals surface area contributed by atoms with E-state index in [1.165, 1.54) is 19.2 Å². The lowest BCUT2D eigenvalue weighted by Gasteiger charge is -2.13. The van der Waals surface area contributed by atoms with E-state index in [0.29, 0.717) is 16.3 Å². The average molecular weight is 227 g/mol. The van der Waals surface area contributed by atoms with E-state index in [1.807, 2.05) is 11.8 Å². The molecule has 1 N–H and O–H groups in total. The molecule has 1 fully saturated rings. The van der Waals surface area contributed by atoms with Crippen molar-refractivity contribution in [3.8, 4) is 0 Å². The minimum atomic E-state index is -0.339. The minimum Gasteiger partial charge on any atom is -0.366 e. The van der Waals surface area contributed by atoms with Crippen LogP contribution in [0.3, 0.4) is 0 Å². The molecule has 15 heavy (non-hydrogen) atoms.